The van der Waals surface area contributed by atoms with Crippen LogP contribution >= 0.6 is 0 Å². The van der Waals surface area contributed by atoms with Crippen molar-refractivity contribution >= 4 is 45.6 Å². The van der Waals surface area contributed by atoms with Crippen LogP contribution in [0.4, 0.5) is 28.7 Å². The molecule has 8 nitrogen and oxygen atoms in total. The number of fused-ring (bicyclic) bond motifs is 1. The molecule has 0 aliphatic carbocycles. The van der Waals surface area contributed by atoms with Crippen molar-refractivity contribution in [1.82, 2.24) is 15.0 Å². The number of aromatic nitrogens is 3. The Balaban J connectivity index is 1.60. The predicted molar refractivity (Wildman–Crippen MR) is 113 cm³/mol. The number of rotatable bonds is 5. The van der Waals surface area contributed by atoms with Gasteiger partial charge in [0.15, 0.2) is 11.6 Å². The van der Waals surface area contributed by atoms with Gasteiger partial charge < -0.3 is 21.1 Å². The molecule has 0 unspecified atom stereocenters. The van der Waals surface area contributed by atoms with Crippen LogP contribution in [-0.4, -0.2) is 28.0 Å². The molecule has 0 radical (unpaired) electrons. The van der Waals surface area contributed by atoms with Crippen molar-refractivity contribution in [2.45, 2.75) is 0 Å². The van der Waals surface area contributed by atoms with Crippen LogP contribution in [0, 0.1) is 0 Å². The maximum absolute atomic E-state index is 11.6. The molecule has 144 valence electrons. The topological polar surface area (TPSA) is 115 Å². The van der Waals surface area contributed by atoms with E-state index in [2.05, 4.69) is 25.6 Å². The van der Waals surface area contributed by atoms with Crippen LogP contribution in [0.25, 0.3) is 10.9 Å². The lowest BCUT2D eigenvalue weighted by atomic mass is 10.2. The zero-order chi connectivity index (χ0) is 20.2. The fourth-order valence-electron chi connectivity index (χ4n) is 2.88. The molecule has 0 aliphatic heterocycles. The number of ether oxygens (including phenoxy) is 1. The number of carbonyl (C=O) groups excluding carboxylic acids is 1. The van der Waals surface area contributed by atoms with E-state index in [4.69, 9.17) is 10.5 Å². The van der Waals surface area contributed by atoms with E-state index in [1.54, 1.807) is 30.5 Å². The standard InChI is InChI=1S/C21H18N6O2/c1-29-21(28)13-7-9-14(10-8-13)26-19-18(22)20(25-12-24-19)27-17-6-2-5-16-15(17)4-3-11-23-16/h2-12H,22H2,1H3,(H2,24,25,26,27). The van der Waals surface area contributed by atoms with Gasteiger partial charge >= 0.3 is 5.97 Å². The summed E-state index contributed by atoms with van der Waals surface area (Å²) >= 11 is 0. The number of hydrogen-bond donors (Lipinski definition) is 3. The zero-order valence-corrected chi connectivity index (χ0v) is 15.6. The molecule has 4 aromatic rings. The van der Waals surface area contributed by atoms with Gasteiger partial charge in [0.05, 0.1) is 18.2 Å². The molecule has 0 atom stereocenters. The molecule has 29 heavy (non-hydrogen) atoms. The monoisotopic (exact) mass is 386 g/mol. The first kappa shape index (κ1) is 18.2. The summed E-state index contributed by atoms with van der Waals surface area (Å²) in [5, 5.41) is 7.35. The first-order valence-electron chi connectivity index (χ1n) is 8.82. The summed E-state index contributed by atoms with van der Waals surface area (Å²) in [6.07, 6.45) is 3.17. The molecule has 4 N–H and O–H groups in total. The smallest absolute Gasteiger partial charge is 0.337 e. The number of esters is 1. The summed E-state index contributed by atoms with van der Waals surface area (Å²) in [7, 11) is 1.34. The van der Waals surface area contributed by atoms with E-state index in [9.17, 15) is 4.79 Å². The molecule has 2 aromatic carbocycles. The number of methoxy groups -OCH3 is 1. The SMILES string of the molecule is COC(=O)c1ccc(Nc2ncnc(Nc3cccc4ncccc34)c2N)cc1. The number of nitrogen functional groups attached to an aromatic ring is 1. The van der Waals surface area contributed by atoms with Crippen molar-refractivity contribution in [3.63, 3.8) is 0 Å². The molecule has 0 fully saturated rings. The van der Waals surface area contributed by atoms with Crippen molar-refractivity contribution < 1.29 is 9.53 Å². The van der Waals surface area contributed by atoms with E-state index in [1.165, 1.54) is 13.4 Å². The van der Waals surface area contributed by atoms with Crippen molar-refractivity contribution in [3.05, 3.63) is 72.7 Å². The van der Waals surface area contributed by atoms with Crippen LogP contribution in [0.15, 0.2) is 67.1 Å². The van der Waals surface area contributed by atoms with E-state index >= 15 is 0 Å². The highest BCUT2D eigenvalue weighted by atomic mass is 16.5. The van der Waals surface area contributed by atoms with Crippen LogP contribution in [0.2, 0.25) is 0 Å². The van der Waals surface area contributed by atoms with Crippen molar-refractivity contribution in [2.24, 2.45) is 0 Å². The largest absolute Gasteiger partial charge is 0.465 e. The number of pyridine rings is 1. The second-order valence-corrected chi connectivity index (χ2v) is 6.18. The van der Waals surface area contributed by atoms with Gasteiger partial charge in [-0.15, -0.1) is 0 Å². The van der Waals surface area contributed by atoms with Gasteiger partial charge in [-0.25, -0.2) is 14.8 Å². The van der Waals surface area contributed by atoms with Gasteiger partial charge in [-0.2, -0.15) is 0 Å². The Kier molecular flexibility index (Phi) is 4.90. The first-order valence-corrected chi connectivity index (χ1v) is 8.82. The van der Waals surface area contributed by atoms with E-state index in [0.29, 0.717) is 22.9 Å². The molecule has 0 aliphatic rings. The molecule has 4 rings (SSSR count). The Morgan fingerprint density at radius 2 is 1.69 bits per heavy atom. The normalized spacial score (nSPS) is 10.5. The Labute approximate surface area is 166 Å². The number of nitrogens with zero attached hydrogens (tertiary/aromatic N) is 3. The lowest BCUT2D eigenvalue weighted by Crippen LogP contribution is -2.06. The third-order valence-electron chi connectivity index (χ3n) is 4.35. The number of carbonyl (C=O) groups is 1. The summed E-state index contributed by atoms with van der Waals surface area (Å²) in [6, 6.07) is 16.5. The van der Waals surface area contributed by atoms with Crippen LogP contribution in [0.3, 0.4) is 0 Å². The number of anilines is 5. The third kappa shape index (κ3) is 3.77. The van der Waals surface area contributed by atoms with Crippen molar-refractivity contribution in [2.75, 3.05) is 23.5 Å². The molecule has 0 saturated heterocycles. The first-order chi connectivity index (χ1) is 14.2. The van der Waals surface area contributed by atoms with Crippen molar-refractivity contribution in [3.8, 4) is 0 Å². The minimum atomic E-state index is -0.394. The quantitative estimate of drug-likeness (QED) is 0.443. The Morgan fingerprint density at radius 1 is 0.931 bits per heavy atom. The molecule has 0 spiro atoms. The highest BCUT2D eigenvalue weighted by Crippen LogP contribution is 2.30. The van der Waals surface area contributed by atoms with Gasteiger partial charge in [0.25, 0.3) is 0 Å². The summed E-state index contributed by atoms with van der Waals surface area (Å²) in [5.74, 6) is 0.533. The van der Waals surface area contributed by atoms with Gasteiger partial charge in [-0.1, -0.05) is 6.07 Å². The minimum Gasteiger partial charge on any atom is -0.465 e. The average Bonchev–Trinajstić information content (AvgIpc) is 2.77. The Morgan fingerprint density at radius 3 is 2.45 bits per heavy atom. The van der Waals surface area contributed by atoms with E-state index in [1.807, 2.05) is 30.3 Å². The lowest BCUT2D eigenvalue weighted by molar-refractivity contribution is 0.0601. The second kappa shape index (κ2) is 7.81. The van der Waals surface area contributed by atoms with Gasteiger partial charge in [0.2, 0.25) is 0 Å². The van der Waals surface area contributed by atoms with E-state index in [-0.39, 0.29) is 0 Å². The molecular formula is C21H18N6O2. The number of benzene rings is 2. The van der Waals surface area contributed by atoms with Crippen LogP contribution in [0.1, 0.15) is 10.4 Å². The Bertz CT molecular complexity index is 1170. The van der Waals surface area contributed by atoms with Crippen LogP contribution in [0.5, 0.6) is 0 Å². The molecule has 2 aromatic heterocycles. The zero-order valence-electron chi connectivity index (χ0n) is 15.6. The van der Waals surface area contributed by atoms with Gasteiger partial charge in [0.1, 0.15) is 12.0 Å². The third-order valence-corrected chi connectivity index (χ3v) is 4.35. The van der Waals surface area contributed by atoms with Gasteiger partial charge in [-0.05, 0) is 48.5 Å². The molecule has 2 heterocycles. The summed E-state index contributed by atoms with van der Waals surface area (Å²) in [4.78, 5) is 24.4. The van der Waals surface area contributed by atoms with Gasteiger partial charge in [-0.3, -0.25) is 4.98 Å². The predicted octanol–water partition coefficient (Wildman–Crippen LogP) is 3.88. The molecule has 0 saturated carbocycles. The van der Waals surface area contributed by atoms with Crippen molar-refractivity contribution in [1.29, 1.82) is 0 Å². The lowest BCUT2D eigenvalue weighted by Gasteiger charge is -2.14. The van der Waals surface area contributed by atoms with E-state index in [0.717, 1.165) is 22.3 Å². The number of nitrogens with one attached hydrogen (secondary N) is 2. The maximum atomic E-state index is 11.6. The summed E-state index contributed by atoms with van der Waals surface area (Å²) in [6.45, 7) is 0. The maximum Gasteiger partial charge on any atom is 0.337 e. The minimum absolute atomic E-state index is 0.366. The highest BCUT2D eigenvalue weighted by molar-refractivity contribution is 5.94. The van der Waals surface area contributed by atoms with Gasteiger partial charge in [0, 0.05) is 23.0 Å². The molecular weight excluding hydrogens is 368 g/mol. The average molecular weight is 386 g/mol. The van der Waals surface area contributed by atoms with Crippen LogP contribution < -0.4 is 16.4 Å². The Hall–Kier alpha value is -4.20. The van der Waals surface area contributed by atoms with E-state index < -0.39 is 5.97 Å². The summed E-state index contributed by atoms with van der Waals surface area (Å²) in [5.41, 5.74) is 9.55. The fraction of sp³-hybridized carbons (Fsp3) is 0.0476. The molecule has 8 heteroatoms. The highest BCUT2D eigenvalue weighted by Gasteiger charge is 2.11. The summed E-state index contributed by atoms with van der Waals surface area (Å²) < 4.78 is 4.70. The number of hydrogen-bond acceptors (Lipinski definition) is 8. The molecule has 0 amide bonds. The second-order valence-electron chi connectivity index (χ2n) is 6.18. The molecule has 0 bridgehead atoms. The fourth-order valence-corrected chi connectivity index (χ4v) is 2.88. The number of nitrogens with two attached hydrogens (primary N) is 1. The van der Waals surface area contributed by atoms with Crippen LogP contribution in [-0.2, 0) is 4.74 Å².